The lowest BCUT2D eigenvalue weighted by Crippen LogP contribution is -2.50. The van der Waals surface area contributed by atoms with Crippen LogP contribution in [0.25, 0.3) is 0 Å². The van der Waals surface area contributed by atoms with E-state index in [1.165, 1.54) is 4.31 Å². The number of piperazine rings is 1. The summed E-state index contributed by atoms with van der Waals surface area (Å²) in [6.07, 6.45) is 4.57. The molecule has 1 saturated heterocycles. The van der Waals surface area contributed by atoms with Gasteiger partial charge >= 0.3 is 0 Å². The highest BCUT2D eigenvalue weighted by atomic mass is 35.5. The SMILES string of the molecule is Cl.Cl.NC[C@H]1CCC[C@H]1C(=O)NCCS(=O)(=O)N1CCN(c2ccccn2)CC1. The van der Waals surface area contributed by atoms with Crippen LogP contribution in [0, 0.1) is 11.8 Å². The number of carbonyl (C=O) groups is 1. The quantitative estimate of drug-likeness (QED) is 0.615. The summed E-state index contributed by atoms with van der Waals surface area (Å²) >= 11 is 0. The van der Waals surface area contributed by atoms with Gasteiger partial charge < -0.3 is 16.0 Å². The molecule has 2 fully saturated rings. The topological polar surface area (TPSA) is 109 Å². The second kappa shape index (κ2) is 11.9. The molecular weight excluding hydrogens is 437 g/mol. The molecule has 1 aliphatic heterocycles. The summed E-state index contributed by atoms with van der Waals surface area (Å²) in [6, 6.07) is 5.71. The van der Waals surface area contributed by atoms with E-state index in [0.717, 1.165) is 25.1 Å². The van der Waals surface area contributed by atoms with Gasteiger partial charge in [-0.3, -0.25) is 4.79 Å². The Morgan fingerprint density at radius 3 is 2.52 bits per heavy atom. The smallest absolute Gasteiger partial charge is 0.223 e. The minimum absolute atomic E-state index is 0. The summed E-state index contributed by atoms with van der Waals surface area (Å²) in [6.45, 7) is 2.76. The lowest BCUT2D eigenvalue weighted by molar-refractivity contribution is -0.125. The van der Waals surface area contributed by atoms with E-state index in [2.05, 4.69) is 15.2 Å². The number of rotatable bonds is 7. The predicted octanol–water partition coefficient (Wildman–Crippen LogP) is 0.868. The zero-order valence-corrected chi connectivity index (χ0v) is 18.9. The number of halogens is 2. The molecule has 166 valence electrons. The second-order valence-corrected chi connectivity index (χ2v) is 9.30. The van der Waals surface area contributed by atoms with Crippen LogP contribution in [0.1, 0.15) is 19.3 Å². The number of amides is 1. The van der Waals surface area contributed by atoms with Crippen LogP contribution in [-0.4, -0.2) is 68.6 Å². The van der Waals surface area contributed by atoms with Gasteiger partial charge in [0.05, 0.1) is 5.75 Å². The Labute approximate surface area is 185 Å². The average Bonchev–Trinajstić information content (AvgIpc) is 3.17. The van der Waals surface area contributed by atoms with E-state index in [1.54, 1.807) is 6.20 Å². The molecule has 2 atom stereocenters. The van der Waals surface area contributed by atoms with Crippen LogP contribution in [0.15, 0.2) is 24.4 Å². The number of nitrogens with zero attached hydrogens (tertiary/aromatic N) is 3. The van der Waals surface area contributed by atoms with Crippen molar-refractivity contribution in [3.8, 4) is 0 Å². The molecule has 0 unspecified atom stereocenters. The summed E-state index contributed by atoms with van der Waals surface area (Å²) in [5.74, 6) is 0.898. The van der Waals surface area contributed by atoms with E-state index >= 15 is 0 Å². The molecule has 1 saturated carbocycles. The Kier molecular flexibility index (Phi) is 10.6. The van der Waals surface area contributed by atoms with Crippen LogP contribution < -0.4 is 16.0 Å². The number of anilines is 1. The van der Waals surface area contributed by atoms with Crippen LogP contribution in [0.2, 0.25) is 0 Å². The molecule has 0 spiro atoms. The summed E-state index contributed by atoms with van der Waals surface area (Å²) in [5.41, 5.74) is 5.72. The molecular formula is C18H31Cl2N5O3S. The number of sulfonamides is 1. The van der Waals surface area contributed by atoms with E-state index in [1.807, 2.05) is 18.2 Å². The van der Waals surface area contributed by atoms with E-state index in [0.29, 0.717) is 32.7 Å². The van der Waals surface area contributed by atoms with Gasteiger partial charge in [-0.15, -0.1) is 24.8 Å². The van der Waals surface area contributed by atoms with Crippen molar-refractivity contribution in [3.63, 3.8) is 0 Å². The van der Waals surface area contributed by atoms with E-state index in [4.69, 9.17) is 5.73 Å². The van der Waals surface area contributed by atoms with Crippen LogP contribution in [0.5, 0.6) is 0 Å². The first-order chi connectivity index (χ1) is 13.0. The Bertz CT molecular complexity index is 730. The molecule has 0 aromatic carbocycles. The number of nitrogens with two attached hydrogens (primary N) is 1. The van der Waals surface area contributed by atoms with Gasteiger partial charge in [-0.05, 0) is 37.4 Å². The van der Waals surface area contributed by atoms with Gasteiger partial charge in [-0.25, -0.2) is 13.4 Å². The van der Waals surface area contributed by atoms with Crippen LogP contribution in [-0.2, 0) is 14.8 Å². The molecule has 1 amide bonds. The maximum atomic E-state index is 12.6. The number of hydrogen-bond donors (Lipinski definition) is 2. The first-order valence-electron chi connectivity index (χ1n) is 9.63. The van der Waals surface area contributed by atoms with Crippen molar-refractivity contribution in [1.82, 2.24) is 14.6 Å². The molecule has 1 aromatic heterocycles. The van der Waals surface area contributed by atoms with Gasteiger partial charge in [-0.2, -0.15) is 4.31 Å². The lowest BCUT2D eigenvalue weighted by Gasteiger charge is -2.34. The fraction of sp³-hybridized carbons (Fsp3) is 0.667. The summed E-state index contributed by atoms with van der Waals surface area (Å²) in [5, 5.41) is 2.80. The molecule has 3 N–H and O–H groups in total. The molecule has 3 rings (SSSR count). The third kappa shape index (κ3) is 6.68. The normalized spacial score (nSPS) is 22.4. The van der Waals surface area contributed by atoms with Crippen molar-refractivity contribution in [2.45, 2.75) is 19.3 Å². The molecule has 0 bridgehead atoms. The molecule has 11 heteroatoms. The molecule has 0 radical (unpaired) electrons. The fourth-order valence-corrected chi connectivity index (χ4v) is 5.30. The van der Waals surface area contributed by atoms with Crippen molar-refractivity contribution in [3.05, 3.63) is 24.4 Å². The number of hydrogen-bond acceptors (Lipinski definition) is 6. The first-order valence-corrected chi connectivity index (χ1v) is 11.2. The van der Waals surface area contributed by atoms with Gasteiger partial charge in [0, 0.05) is 44.8 Å². The molecule has 2 heterocycles. The highest BCUT2D eigenvalue weighted by Gasteiger charge is 2.32. The maximum Gasteiger partial charge on any atom is 0.223 e. The fourth-order valence-electron chi connectivity index (χ4n) is 3.96. The lowest BCUT2D eigenvalue weighted by atomic mass is 9.95. The monoisotopic (exact) mass is 467 g/mol. The van der Waals surface area contributed by atoms with Crippen LogP contribution >= 0.6 is 24.8 Å². The Morgan fingerprint density at radius 1 is 1.17 bits per heavy atom. The number of pyridine rings is 1. The van der Waals surface area contributed by atoms with Gasteiger partial charge in [0.25, 0.3) is 0 Å². The molecule has 1 aliphatic carbocycles. The zero-order chi connectivity index (χ0) is 19.3. The van der Waals surface area contributed by atoms with Gasteiger partial charge in [0.1, 0.15) is 5.82 Å². The minimum atomic E-state index is -3.38. The first kappa shape index (κ1) is 25.9. The predicted molar refractivity (Wildman–Crippen MR) is 119 cm³/mol. The summed E-state index contributed by atoms with van der Waals surface area (Å²) in [4.78, 5) is 18.7. The Morgan fingerprint density at radius 2 is 1.90 bits per heavy atom. The average molecular weight is 468 g/mol. The third-order valence-corrected chi connectivity index (χ3v) is 7.44. The Balaban J connectivity index is 0.00000210. The van der Waals surface area contributed by atoms with Gasteiger partial charge in [-0.1, -0.05) is 12.5 Å². The van der Waals surface area contributed by atoms with Crippen molar-refractivity contribution >= 4 is 46.6 Å². The molecule has 8 nitrogen and oxygen atoms in total. The standard InChI is InChI=1S/C18H29N5O3S.2ClH/c19-14-15-4-3-5-16(15)18(24)21-8-13-27(25,26)23-11-9-22(10-12-23)17-6-1-2-7-20-17;;/h1-2,6-7,15-16H,3-5,8-14,19H2,(H,21,24);2*1H/t15-,16-;;/m1../s1. The third-order valence-electron chi connectivity index (χ3n) is 5.56. The van der Waals surface area contributed by atoms with E-state index in [-0.39, 0.29) is 54.9 Å². The highest BCUT2D eigenvalue weighted by Crippen LogP contribution is 2.30. The molecule has 2 aliphatic rings. The Hall–Kier alpha value is -1.13. The summed E-state index contributed by atoms with van der Waals surface area (Å²) < 4.78 is 26.7. The molecule has 29 heavy (non-hydrogen) atoms. The van der Waals surface area contributed by atoms with E-state index < -0.39 is 10.0 Å². The second-order valence-electron chi connectivity index (χ2n) is 7.21. The minimum Gasteiger partial charge on any atom is -0.355 e. The zero-order valence-electron chi connectivity index (χ0n) is 16.4. The van der Waals surface area contributed by atoms with Crippen molar-refractivity contribution in [2.75, 3.05) is 49.9 Å². The summed E-state index contributed by atoms with van der Waals surface area (Å²) in [7, 11) is -3.38. The van der Waals surface area contributed by atoms with Crippen LogP contribution in [0.3, 0.4) is 0 Å². The largest absolute Gasteiger partial charge is 0.355 e. The number of carbonyl (C=O) groups excluding carboxylic acids is 1. The maximum absolute atomic E-state index is 12.6. The van der Waals surface area contributed by atoms with Gasteiger partial charge in [0.2, 0.25) is 15.9 Å². The van der Waals surface area contributed by atoms with E-state index in [9.17, 15) is 13.2 Å². The van der Waals surface area contributed by atoms with Gasteiger partial charge in [0.15, 0.2) is 0 Å². The molecule has 1 aromatic rings. The highest BCUT2D eigenvalue weighted by molar-refractivity contribution is 7.89. The van der Waals surface area contributed by atoms with Crippen molar-refractivity contribution in [1.29, 1.82) is 0 Å². The van der Waals surface area contributed by atoms with Crippen molar-refractivity contribution < 1.29 is 13.2 Å². The van der Waals surface area contributed by atoms with Crippen molar-refractivity contribution in [2.24, 2.45) is 17.6 Å². The van der Waals surface area contributed by atoms with Crippen LogP contribution in [0.4, 0.5) is 5.82 Å². The number of aromatic nitrogens is 1. The number of nitrogens with one attached hydrogen (secondary N) is 1.